The Balaban J connectivity index is 2.36. The molecule has 2 aromatic rings. The van der Waals surface area contributed by atoms with Crippen molar-refractivity contribution in [3.8, 4) is 5.75 Å². The van der Waals surface area contributed by atoms with Gasteiger partial charge in [0.15, 0.2) is 0 Å². The number of anilines is 1. The summed E-state index contributed by atoms with van der Waals surface area (Å²) in [5.74, 6) is -0.415. The molecule has 0 saturated heterocycles. The van der Waals surface area contributed by atoms with Gasteiger partial charge in [0.1, 0.15) is 11.3 Å². The summed E-state index contributed by atoms with van der Waals surface area (Å²) < 4.78 is 36.9. The molecule has 0 radical (unpaired) electrons. The predicted molar refractivity (Wildman–Crippen MR) is 91.6 cm³/mol. The average Bonchev–Trinajstić information content (AvgIpc) is 2.56. The Morgan fingerprint density at radius 1 is 1.04 bits per heavy atom. The number of carbonyl (C=O) groups excluding carboxylic acids is 1. The van der Waals surface area contributed by atoms with E-state index in [1.807, 2.05) is 0 Å². The van der Waals surface area contributed by atoms with Crippen molar-refractivity contribution in [3.63, 3.8) is 0 Å². The SMILES string of the molecule is COC(=O)c1ccc(NS(=O)(=O)c2ccc(Cl)c(Cl)c2)cc1OC. The number of esters is 1. The van der Waals surface area contributed by atoms with Crippen LogP contribution in [0.25, 0.3) is 0 Å². The third-order valence-corrected chi connectivity index (χ3v) is 5.18. The molecule has 1 N–H and O–H groups in total. The number of rotatable bonds is 5. The molecule has 0 aliphatic rings. The number of nitrogens with one attached hydrogen (secondary N) is 1. The molecule has 6 nitrogen and oxygen atoms in total. The van der Waals surface area contributed by atoms with Crippen molar-refractivity contribution < 1.29 is 22.7 Å². The number of halogens is 2. The number of ether oxygens (including phenoxy) is 2. The molecule has 0 bridgehead atoms. The van der Waals surface area contributed by atoms with Crippen LogP contribution in [0.4, 0.5) is 5.69 Å². The van der Waals surface area contributed by atoms with Crippen LogP contribution in [0.3, 0.4) is 0 Å². The van der Waals surface area contributed by atoms with Gasteiger partial charge in [-0.2, -0.15) is 0 Å². The first-order valence-electron chi connectivity index (χ1n) is 6.52. The smallest absolute Gasteiger partial charge is 0.341 e. The van der Waals surface area contributed by atoms with Crippen molar-refractivity contribution in [1.82, 2.24) is 0 Å². The van der Waals surface area contributed by atoms with Gasteiger partial charge in [0.25, 0.3) is 10.0 Å². The van der Waals surface area contributed by atoms with E-state index in [-0.39, 0.29) is 31.9 Å². The normalized spacial score (nSPS) is 11.0. The first-order valence-corrected chi connectivity index (χ1v) is 8.76. The van der Waals surface area contributed by atoms with Gasteiger partial charge in [-0.05, 0) is 30.3 Å². The van der Waals surface area contributed by atoms with Crippen LogP contribution in [0.1, 0.15) is 10.4 Å². The standard InChI is InChI=1S/C15H13Cl2NO5S/c1-22-14-7-9(3-5-11(14)15(19)23-2)18-24(20,21)10-4-6-12(16)13(17)8-10/h3-8,18H,1-2H3. The zero-order chi connectivity index (χ0) is 17.9. The molecular weight excluding hydrogens is 377 g/mol. The van der Waals surface area contributed by atoms with E-state index in [0.717, 1.165) is 0 Å². The van der Waals surface area contributed by atoms with Crippen LogP contribution < -0.4 is 9.46 Å². The summed E-state index contributed by atoms with van der Waals surface area (Å²) in [6.45, 7) is 0. The fourth-order valence-corrected chi connectivity index (χ4v) is 3.33. The van der Waals surface area contributed by atoms with E-state index in [2.05, 4.69) is 9.46 Å². The van der Waals surface area contributed by atoms with Gasteiger partial charge < -0.3 is 9.47 Å². The summed E-state index contributed by atoms with van der Waals surface area (Å²) in [4.78, 5) is 11.6. The lowest BCUT2D eigenvalue weighted by Gasteiger charge is -2.12. The lowest BCUT2D eigenvalue weighted by Crippen LogP contribution is -2.13. The van der Waals surface area contributed by atoms with Gasteiger partial charge in [-0.25, -0.2) is 13.2 Å². The fourth-order valence-electron chi connectivity index (χ4n) is 1.89. The van der Waals surface area contributed by atoms with Gasteiger partial charge in [0, 0.05) is 6.07 Å². The van der Waals surface area contributed by atoms with Crippen LogP contribution in [-0.4, -0.2) is 28.6 Å². The van der Waals surface area contributed by atoms with Crippen molar-refractivity contribution in [3.05, 3.63) is 52.0 Å². The Hall–Kier alpha value is -1.96. The number of hydrogen-bond acceptors (Lipinski definition) is 5. The molecule has 2 rings (SSSR count). The Morgan fingerprint density at radius 3 is 2.33 bits per heavy atom. The molecule has 0 unspecified atom stereocenters. The minimum Gasteiger partial charge on any atom is -0.496 e. The number of methoxy groups -OCH3 is 2. The van der Waals surface area contributed by atoms with E-state index in [0.29, 0.717) is 0 Å². The van der Waals surface area contributed by atoms with Crippen LogP contribution in [-0.2, 0) is 14.8 Å². The second-order valence-electron chi connectivity index (χ2n) is 4.59. The third kappa shape index (κ3) is 3.92. The maximum atomic E-state index is 12.4. The summed E-state index contributed by atoms with van der Waals surface area (Å²) >= 11 is 11.6. The first-order chi connectivity index (χ1) is 11.3. The van der Waals surface area contributed by atoms with Gasteiger partial charge in [-0.15, -0.1) is 0 Å². The summed E-state index contributed by atoms with van der Waals surface area (Å²) in [6.07, 6.45) is 0. The monoisotopic (exact) mass is 389 g/mol. The number of carbonyl (C=O) groups is 1. The molecular formula is C15H13Cl2NO5S. The lowest BCUT2D eigenvalue weighted by molar-refractivity contribution is 0.0597. The fraction of sp³-hybridized carbons (Fsp3) is 0.133. The van der Waals surface area contributed by atoms with Crippen LogP contribution in [0.2, 0.25) is 10.0 Å². The van der Waals surface area contributed by atoms with Gasteiger partial charge in [0.05, 0.1) is 34.8 Å². The number of benzene rings is 2. The second kappa shape index (κ2) is 7.29. The highest BCUT2D eigenvalue weighted by molar-refractivity contribution is 7.92. The summed E-state index contributed by atoms with van der Waals surface area (Å²) in [6, 6.07) is 8.16. The lowest BCUT2D eigenvalue weighted by atomic mass is 10.2. The molecule has 24 heavy (non-hydrogen) atoms. The van der Waals surface area contributed by atoms with Gasteiger partial charge in [0.2, 0.25) is 0 Å². The molecule has 0 aromatic heterocycles. The van der Waals surface area contributed by atoms with Crippen LogP contribution in [0.15, 0.2) is 41.3 Å². The van der Waals surface area contributed by atoms with E-state index in [4.69, 9.17) is 27.9 Å². The Kier molecular flexibility index (Phi) is 5.58. The van der Waals surface area contributed by atoms with E-state index >= 15 is 0 Å². The van der Waals surface area contributed by atoms with Crippen LogP contribution in [0.5, 0.6) is 5.75 Å². The zero-order valence-electron chi connectivity index (χ0n) is 12.7. The van der Waals surface area contributed by atoms with E-state index in [9.17, 15) is 13.2 Å². The quantitative estimate of drug-likeness (QED) is 0.790. The van der Waals surface area contributed by atoms with Gasteiger partial charge >= 0.3 is 5.97 Å². The predicted octanol–water partition coefficient (Wildman–Crippen LogP) is 3.59. The summed E-state index contributed by atoms with van der Waals surface area (Å²) in [5.41, 5.74) is 0.392. The van der Waals surface area contributed by atoms with Crippen molar-refractivity contribution in [2.75, 3.05) is 18.9 Å². The maximum Gasteiger partial charge on any atom is 0.341 e. The minimum atomic E-state index is -3.88. The first kappa shape index (κ1) is 18.4. The molecule has 2 aromatic carbocycles. The molecule has 128 valence electrons. The molecule has 0 fully saturated rings. The average molecular weight is 390 g/mol. The minimum absolute atomic E-state index is 0.0482. The van der Waals surface area contributed by atoms with Gasteiger partial charge in [-0.1, -0.05) is 23.2 Å². The van der Waals surface area contributed by atoms with Crippen molar-refractivity contribution in [2.24, 2.45) is 0 Å². The van der Waals surface area contributed by atoms with Crippen molar-refractivity contribution in [2.45, 2.75) is 4.90 Å². The van der Waals surface area contributed by atoms with E-state index in [1.54, 1.807) is 0 Å². The summed E-state index contributed by atoms with van der Waals surface area (Å²) in [7, 11) is -1.28. The molecule has 9 heteroatoms. The molecule has 0 aliphatic carbocycles. The Morgan fingerprint density at radius 2 is 1.75 bits per heavy atom. The number of sulfonamides is 1. The van der Waals surface area contributed by atoms with Gasteiger partial charge in [-0.3, -0.25) is 4.72 Å². The Labute approximate surface area is 149 Å². The zero-order valence-corrected chi connectivity index (χ0v) is 15.0. The highest BCUT2D eigenvalue weighted by atomic mass is 35.5. The van der Waals surface area contributed by atoms with Crippen LogP contribution in [0, 0.1) is 0 Å². The number of hydrogen-bond donors (Lipinski definition) is 1. The highest BCUT2D eigenvalue weighted by Crippen LogP contribution is 2.28. The molecule has 0 amide bonds. The maximum absolute atomic E-state index is 12.4. The van der Waals surface area contributed by atoms with Crippen LogP contribution >= 0.6 is 23.2 Å². The van der Waals surface area contributed by atoms with E-state index in [1.165, 1.54) is 50.6 Å². The highest BCUT2D eigenvalue weighted by Gasteiger charge is 2.18. The molecule has 0 saturated carbocycles. The Bertz CT molecular complexity index is 883. The molecule has 0 atom stereocenters. The van der Waals surface area contributed by atoms with Crippen molar-refractivity contribution in [1.29, 1.82) is 0 Å². The van der Waals surface area contributed by atoms with E-state index < -0.39 is 16.0 Å². The molecule has 0 spiro atoms. The third-order valence-electron chi connectivity index (χ3n) is 3.06. The second-order valence-corrected chi connectivity index (χ2v) is 7.08. The topological polar surface area (TPSA) is 81.7 Å². The largest absolute Gasteiger partial charge is 0.496 e. The molecule has 0 aliphatic heterocycles. The summed E-state index contributed by atoms with van der Waals surface area (Å²) in [5, 5.41) is 0.373. The van der Waals surface area contributed by atoms with Crippen molar-refractivity contribution >= 4 is 44.9 Å². The molecule has 0 heterocycles.